The van der Waals surface area contributed by atoms with E-state index in [1.807, 2.05) is 0 Å². The summed E-state index contributed by atoms with van der Waals surface area (Å²) in [5, 5.41) is 0. The Labute approximate surface area is 233 Å². The number of unbranched alkanes of at least 4 members (excludes halogenated alkanes) is 9. The molecule has 0 saturated heterocycles. The number of nitrogens with two attached hydrogens (primary N) is 1. The highest BCUT2D eigenvalue weighted by Crippen LogP contribution is 2.32. The van der Waals surface area contributed by atoms with E-state index >= 15 is 0 Å². The van der Waals surface area contributed by atoms with Gasteiger partial charge in [0.05, 0.1) is 0 Å². The minimum atomic E-state index is -0.280. The van der Waals surface area contributed by atoms with Gasteiger partial charge in [0, 0.05) is 5.54 Å². The van der Waals surface area contributed by atoms with Crippen molar-refractivity contribution in [1.29, 1.82) is 0 Å². The number of hydrogen-bond donors (Lipinski definition) is 1. The molecule has 1 unspecified atom stereocenters. The highest BCUT2D eigenvalue weighted by Gasteiger charge is 2.35. The van der Waals surface area contributed by atoms with E-state index < -0.39 is 0 Å². The first kappa shape index (κ1) is 31.1. The Morgan fingerprint density at radius 1 is 0.541 bits per heavy atom. The molecule has 0 saturated carbocycles. The molecule has 2 N–H and O–H groups in total. The molecule has 202 valence electrons. The van der Waals surface area contributed by atoms with Gasteiger partial charge in [0.1, 0.15) is 0 Å². The Morgan fingerprint density at radius 3 is 1.35 bits per heavy atom. The normalized spacial score (nSPS) is 12.2. The molecule has 3 aromatic rings. The molecule has 37 heavy (non-hydrogen) atoms. The third-order valence-electron chi connectivity index (χ3n) is 7.80. The molecule has 1 nitrogen and oxygen atoms in total. The zero-order valence-electron chi connectivity index (χ0n) is 23.1. The summed E-state index contributed by atoms with van der Waals surface area (Å²) in [6, 6.07) is 32.8. The van der Waals surface area contributed by atoms with Crippen LogP contribution in [0.5, 0.6) is 0 Å². The lowest BCUT2D eigenvalue weighted by Gasteiger charge is -2.39. The molecule has 2 heteroatoms. The molecule has 0 aliphatic rings. The molecule has 0 bridgehead atoms. The van der Waals surface area contributed by atoms with Crippen molar-refractivity contribution in [1.82, 2.24) is 0 Å². The molecule has 0 amide bonds. The van der Waals surface area contributed by atoms with E-state index in [0.29, 0.717) is 5.92 Å². The predicted octanol–water partition coefficient (Wildman–Crippen LogP) is 9.76. The van der Waals surface area contributed by atoms with Crippen LogP contribution >= 0.6 is 12.4 Å². The molecular weight excluding hydrogens is 470 g/mol. The maximum absolute atomic E-state index is 7.47. The number of hydrogen-bond acceptors (Lipinski definition) is 1. The molecule has 0 radical (unpaired) electrons. The van der Waals surface area contributed by atoms with Crippen LogP contribution in [0.4, 0.5) is 0 Å². The average molecular weight is 520 g/mol. The van der Waals surface area contributed by atoms with E-state index in [1.165, 1.54) is 87.3 Å². The lowest BCUT2D eigenvalue weighted by Crippen LogP contribution is -2.52. The monoisotopic (exact) mass is 519 g/mol. The predicted molar refractivity (Wildman–Crippen MR) is 165 cm³/mol. The van der Waals surface area contributed by atoms with Gasteiger partial charge >= 0.3 is 0 Å². The van der Waals surface area contributed by atoms with Gasteiger partial charge in [-0.3, -0.25) is 0 Å². The van der Waals surface area contributed by atoms with Crippen molar-refractivity contribution in [2.24, 2.45) is 11.7 Å². The van der Waals surface area contributed by atoms with Gasteiger partial charge in [0.2, 0.25) is 0 Å². The van der Waals surface area contributed by atoms with Crippen molar-refractivity contribution < 1.29 is 0 Å². The van der Waals surface area contributed by atoms with Crippen LogP contribution in [0.3, 0.4) is 0 Å². The van der Waals surface area contributed by atoms with Crippen LogP contribution in [0.15, 0.2) is 91.0 Å². The minimum Gasteiger partial charge on any atom is -0.324 e. The standard InChI is InChI=1S/C35H49N.ClH/c1-2-3-4-5-6-7-8-9-10-20-27-34(28-31-21-14-11-15-22-31)35(36,29-32-23-16-12-17-24-32)30-33-25-18-13-19-26-33;/h11-19,21-26,34H,2-10,20,27-30,36H2,1H3;1H. The second-order valence-corrected chi connectivity index (χ2v) is 10.9. The van der Waals surface area contributed by atoms with Gasteiger partial charge < -0.3 is 5.73 Å². The fourth-order valence-corrected chi connectivity index (χ4v) is 5.67. The highest BCUT2D eigenvalue weighted by atomic mass is 35.5. The molecule has 0 aliphatic carbocycles. The quantitative estimate of drug-likeness (QED) is 0.166. The average Bonchev–Trinajstić information content (AvgIpc) is 2.90. The van der Waals surface area contributed by atoms with E-state index in [9.17, 15) is 0 Å². The molecule has 0 spiro atoms. The first-order valence-electron chi connectivity index (χ1n) is 14.6. The summed E-state index contributed by atoms with van der Waals surface area (Å²) in [5.74, 6) is 0.439. The Balaban J connectivity index is 0.00000481. The van der Waals surface area contributed by atoms with Crippen molar-refractivity contribution in [3.63, 3.8) is 0 Å². The van der Waals surface area contributed by atoms with Gasteiger partial charge in [-0.05, 0) is 48.3 Å². The van der Waals surface area contributed by atoms with E-state index in [4.69, 9.17) is 5.73 Å². The van der Waals surface area contributed by atoms with Crippen LogP contribution in [0.1, 0.15) is 94.2 Å². The van der Waals surface area contributed by atoms with Crippen LogP contribution in [-0.4, -0.2) is 5.54 Å². The highest BCUT2D eigenvalue weighted by molar-refractivity contribution is 5.85. The number of halogens is 1. The van der Waals surface area contributed by atoms with Crippen LogP contribution in [0, 0.1) is 5.92 Å². The van der Waals surface area contributed by atoms with Gasteiger partial charge in [0.25, 0.3) is 0 Å². The minimum absolute atomic E-state index is 0. The fourth-order valence-electron chi connectivity index (χ4n) is 5.67. The lowest BCUT2D eigenvalue weighted by molar-refractivity contribution is 0.241. The second-order valence-electron chi connectivity index (χ2n) is 10.9. The van der Waals surface area contributed by atoms with Gasteiger partial charge in [-0.15, -0.1) is 12.4 Å². The molecule has 3 aromatic carbocycles. The topological polar surface area (TPSA) is 26.0 Å². The fraction of sp³-hybridized carbons (Fsp3) is 0.486. The van der Waals surface area contributed by atoms with E-state index in [2.05, 4.69) is 97.9 Å². The number of benzene rings is 3. The van der Waals surface area contributed by atoms with E-state index in [0.717, 1.165) is 19.3 Å². The van der Waals surface area contributed by atoms with Crippen LogP contribution in [0.2, 0.25) is 0 Å². The van der Waals surface area contributed by atoms with Crippen molar-refractivity contribution in [2.75, 3.05) is 0 Å². The van der Waals surface area contributed by atoms with E-state index in [-0.39, 0.29) is 17.9 Å². The summed E-state index contributed by atoms with van der Waals surface area (Å²) >= 11 is 0. The number of rotatable bonds is 18. The molecule has 3 rings (SSSR count). The molecule has 1 atom stereocenters. The zero-order chi connectivity index (χ0) is 25.3. The first-order valence-corrected chi connectivity index (χ1v) is 14.6. The van der Waals surface area contributed by atoms with E-state index in [1.54, 1.807) is 0 Å². The summed E-state index contributed by atoms with van der Waals surface area (Å²) < 4.78 is 0. The molecular formula is C35H50ClN. The molecule has 0 aliphatic heterocycles. The van der Waals surface area contributed by atoms with Gasteiger partial charge in [-0.1, -0.05) is 162 Å². The zero-order valence-corrected chi connectivity index (χ0v) is 23.9. The Kier molecular flexibility index (Phi) is 15.3. The molecule has 0 aromatic heterocycles. The third-order valence-corrected chi connectivity index (χ3v) is 7.80. The Bertz CT molecular complexity index is 884. The van der Waals surface area contributed by atoms with Crippen molar-refractivity contribution >= 4 is 12.4 Å². The smallest absolute Gasteiger partial charge is 0.0267 e. The Morgan fingerprint density at radius 2 is 0.919 bits per heavy atom. The van der Waals surface area contributed by atoms with Crippen LogP contribution in [-0.2, 0) is 19.3 Å². The van der Waals surface area contributed by atoms with Gasteiger partial charge in [-0.2, -0.15) is 0 Å². The SMILES string of the molecule is CCCCCCCCCCCCC(Cc1ccccc1)C(N)(Cc1ccccc1)Cc1ccccc1.Cl. The molecule has 0 fully saturated rings. The maximum atomic E-state index is 7.47. The summed E-state index contributed by atoms with van der Waals surface area (Å²) in [4.78, 5) is 0. The van der Waals surface area contributed by atoms with Gasteiger partial charge in [-0.25, -0.2) is 0 Å². The summed E-state index contributed by atoms with van der Waals surface area (Å²) in [7, 11) is 0. The summed E-state index contributed by atoms with van der Waals surface area (Å²) in [6.07, 6.45) is 17.8. The van der Waals surface area contributed by atoms with Crippen LogP contribution < -0.4 is 5.73 Å². The summed E-state index contributed by atoms with van der Waals surface area (Å²) in [5.41, 5.74) is 11.3. The van der Waals surface area contributed by atoms with Crippen molar-refractivity contribution in [2.45, 2.75) is 102 Å². The Hall–Kier alpha value is -2.09. The maximum Gasteiger partial charge on any atom is 0.0267 e. The van der Waals surface area contributed by atoms with Crippen molar-refractivity contribution in [3.8, 4) is 0 Å². The van der Waals surface area contributed by atoms with Gasteiger partial charge in [0.15, 0.2) is 0 Å². The molecule has 0 heterocycles. The van der Waals surface area contributed by atoms with Crippen LogP contribution in [0.25, 0.3) is 0 Å². The third kappa shape index (κ3) is 11.9. The first-order chi connectivity index (χ1) is 17.7. The summed E-state index contributed by atoms with van der Waals surface area (Å²) in [6.45, 7) is 2.29. The lowest BCUT2D eigenvalue weighted by atomic mass is 9.71. The largest absolute Gasteiger partial charge is 0.324 e. The van der Waals surface area contributed by atoms with Crippen molar-refractivity contribution in [3.05, 3.63) is 108 Å². The second kappa shape index (κ2) is 18.2.